The van der Waals surface area contributed by atoms with E-state index in [2.05, 4.69) is 35.5 Å². The lowest BCUT2D eigenvalue weighted by atomic mass is 9.72. The molecule has 0 aliphatic heterocycles. The fourth-order valence-electron chi connectivity index (χ4n) is 3.48. The van der Waals surface area contributed by atoms with Gasteiger partial charge in [-0.3, -0.25) is 9.59 Å². The Morgan fingerprint density at radius 3 is 2.60 bits per heavy atom. The van der Waals surface area contributed by atoms with Crippen LogP contribution in [0.5, 0.6) is 5.75 Å². The number of carbonyl (C=O) groups is 2. The van der Waals surface area contributed by atoms with Gasteiger partial charge in [0.1, 0.15) is 5.75 Å². The minimum Gasteiger partial charge on any atom is -0.481 e. The van der Waals surface area contributed by atoms with Crippen LogP contribution < -0.4 is 4.74 Å². The number of carboxylic acids is 1. The van der Waals surface area contributed by atoms with E-state index in [1.807, 2.05) is 6.92 Å². The smallest absolute Gasteiger partial charge is 0.308 e. The summed E-state index contributed by atoms with van der Waals surface area (Å²) in [5.41, 5.74) is 3.72. The molecule has 5 heteroatoms. The molecule has 4 nitrogen and oxygen atoms in total. The fraction of sp³-hybridized carbons (Fsp3) is 0.400. The third-order valence-electron chi connectivity index (χ3n) is 4.50. The van der Waals surface area contributed by atoms with Crippen molar-refractivity contribution in [1.82, 2.24) is 0 Å². The van der Waals surface area contributed by atoms with Gasteiger partial charge < -0.3 is 9.84 Å². The van der Waals surface area contributed by atoms with Crippen LogP contribution in [0, 0.1) is 5.92 Å². The van der Waals surface area contributed by atoms with Crippen molar-refractivity contribution >= 4 is 27.9 Å². The Balaban J connectivity index is 2.69. The molecule has 0 fully saturated rings. The summed E-state index contributed by atoms with van der Waals surface area (Å²) in [4.78, 5) is 23.0. The molecule has 1 aromatic carbocycles. The van der Waals surface area contributed by atoms with Gasteiger partial charge in [-0.25, -0.2) is 0 Å². The zero-order valence-electron chi connectivity index (χ0n) is 14.8. The number of halogens is 1. The maximum Gasteiger partial charge on any atom is 0.308 e. The molecular weight excluding hydrogens is 384 g/mol. The SMILES string of the molecule is C=C(C)C1CCC(C)=CC1c1c(CC(=O)O)cc(Br)cc1OC(C)=O. The van der Waals surface area contributed by atoms with E-state index in [1.54, 1.807) is 12.1 Å². The third-order valence-corrected chi connectivity index (χ3v) is 4.96. The zero-order valence-corrected chi connectivity index (χ0v) is 16.4. The van der Waals surface area contributed by atoms with Crippen LogP contribution in [-0.4, -0.2) is 17.0 Å². The predicted molar refractivity (Wildman–Crippen MR) is 101 cm³/mol. The van der Waals surface area contributed by atoms with Gasteiger partial charge in [0.25, 0.3) is 0 Å². The van der Waals surface area contributed by atoms with Crippen LogP contribution in [-0.2, 0) is 16.0 Å². The number of ether oxygens (including phenoxy) is 1. The summed E-state index contributed by atoms with van der Waals surface area (Å²) in [7, 11) is 0. The quantitative estimate of drug-likeness (QED) is 0.423. The summed E-state index contributed by atoms with van der Waals surface area (Å²) >= 11 is 3.39. The molecule has 2 atom stereocenters. The van der Waals surface area contributed by atoms with Gasteiger partial charge in [-0.05, 0) is 50.3 Å². The zero-order chi connectivity index (χ0) is 18.7. The maximum atomic E-state index is 11.6. The Morgan fingerprint density at radius 2 is 2.04 bits per heavy atom. The van der Waals surface area contributed by atoms with E-state index in [0.717, 1.165) is 24.0 Å². The molecule has 2 unspecified atom stereocenters. The van der Waals surface area contributed by atoms with Crippen LogP contribution in [0.3, 0.4) is 0 Å². The second-order valence-corrected chi connectivity index (χ2v) is 7.59. The number of allylic oxidation sites excluding steroid dienone is 3. The van der Waals surface area contributed by atoms with E-state index in [-0.39, 0.29) is 18.3 Å². The van der Waals surface area contributed by atoms with Crippen molar-refractivity contribution in [3.8, 4) is 5.75 Å². The van der Waals surface area contributed by atoms with Gasteiger partial charge in [-0.15, -0.1) is 0 Å². The minimum absolute atomic E-state index is 0.0527. The lowest BCUT2D eigenvalue weighted by molar-refractivity contribution is -0.136. The molecule has 1 aliphatic rings. The number of aliphatic carboxylic acids is 1. The topological polar surface area (TPSA) is 63.6 Å². The minimum atomic E-state index is -0.920. The summed E-state index contributed by atoms with van der Waals surface area (Å²) in [6, 6.07) is 3.53. The van der Waals surface area contributed by atoms with Crippen molar-refractivity contribution in [3.63, 3.8) is 0 Å². The first-order valence-corrected chi connectivity index (χ1v) is 9.03. The van der Waals surface area contributed by atoms with Gasteiger partial charge in [-0.2, -0.15) is 0 Å². The average molecular weight is 407 g/mol. The van der Waals surface area contributed by atoms with Crippen molar-refractivity contribution in [2.45, 2.75) is 46.0 Å². The first-order valence-electron chi connectivity index (χ1n) is 8.24. The average Bonchev–Trinajstić information content (AvgIpc) is 2.44. The van der Waals surface area contributed by atoms with Crippen LogP contribution in [0.25, 0.3) is 0 Å². The Labute approximate surface area is 156 Å². The highest BCUT2D eigenvalue weighted by Crippen LogP contribution is 2.45. The number of esters is 1. The van der Waals surface area contributed by atoms with Crippen LogP contribution >= 0.6 is 15.9 Å². The molecule has 0 saturated carbocycles. The summed E-state index contributed by atoms with van der Waals surface area (Å²) < 4.78 is 6.13. The van der Waals surface area contributed by atoms with Crippen molar-refractivity contribution < 1.29 is 19.4 Å². The molecule has 25 heavy (non-hydrogen) atoms. The molecule has 0 spiro atoms. The molecule has 1 aliphatic carbocycles. The van der Waals surface area contributed by atoms with Gasteiger partial charge in [0.2, 0.25) is 0 Å². The number of hydrogen-bond donors (Lipinski definition) is 1. The Morgan fingerprint density at radius 1 is 1.36 bits per heavy atom. The van der Waals surface area contributed by atoms with E-state index < -0.39 is 11.9 Å². The molecule has 134 valence electrons. The van der Waals surface area contributed by atoms with Crippen LogP contribution in [0.1, 0.15) is 50.7 Å². The van der Waals surface area contributed by atoms with Crippen molar-refractivity contribution in [2.24, 2.45) is 5.92 Å². The molecule has 0 bridgehead atoms. The van der Waals surface area contributed by atoms with Crippen molar-refractivity contribution in [3.05, 3.63) is 51.5 Å². The van der Waals surface area contributed by atoms with Crippen molar-refractivity contribution in [2.75, 3.05) is 0 Å². The largest absolute Gasteiger partial charge is 0.481 e. The van der Waals surface area contributed by atoms with Gasteiger partial charge in [-0.1, -0.05) is 39.7 Å². The van der Waals surface area contributed by atoms with E-state index in [1.165, 1.54) is 12.5 Å². The summed E-state index contributed by atoms with van der Waals surface area (Å²) in [6.07, 6.45) is 3.96. The molecule has 0 aromatic heterocycles. The van der Waals surface area contributed by atoms with Crippen LogP contribution in [0.4, 0.5) is 0 Å². The summed E-state index contributed by atoms with van der Waals surface area (Å²) in [5, 5.41) is 9.32. The lowest BCUT2D eigenvalue weighted by Gasteiger charge is -2.32. The Hall–Kier alpha value is -1.88. The van der Waals surface area contributed by atoms with Gasteiger partial charge in [0.05, 0.1) is 6.42 Å². The lowest BCUT2D eigenvalue weighted by Crippen LogP contribution is -2.20. The van der Waals surface area contributed by atoms with Gasteiger partial charge >= 0.3 is 11.9 Å². The highest BCUT2D eigenvalue weighted by Gasteiger charge is 2.31. The number of benzene rings is 1. The highest BCUT2D eigenvalue weighted by atomic mass is 79.9. The number of rotatable bonds is 5. The monoisotopic (exact) mass is 406 g/mol. The normalized spacial score (nSPS) is 19.9. The predicted octanol–water partition coefficient (Wildman–Crippen LogP) is 5.02. The molecule has 1 aromatic rings. The van der Waals surface area contributed by atoms with E-state index in [0.29, 0.717) is 15.8 Å². The second-order valence-electron chi connectivity index (χ2n) is 6.67. The maximum absolute atomic E-state index is 11.6. The highest BCUT2D eigenvalue weighted by molar-refractivity contribution is 9.10. The van der Waals surface area contributed by atoms with E-state index in [9.17, 15) is 14.7 Å². The molecular formula is C20H23BrO4. The summed E-state index contributed by atoms with van der Waals surface area (Å²) in [5.74, 6) is -0.796. The number of carboxylic acid groups (broad SMARTS) is 1. The van der Waals surface area contributed by atoms with Crippen LogP contribution in [0.15, 0.2) is 40.4 Å². The standard InChI is InChI=1S/C20H23BrO4/c1-11(2)16-6-5-12(3)7-17(16)20-14(9-19(23)24)8-15(21)10-18(20)25-13(4)22/h7-8,10,16-17H,1,5-6,9H2,2-4H3,(H,23,24). The molecule has 0 amide bonds. The number of carbonyl (C=O) groups excluding carboxylic acids is 1. The van der Waals surface area contributed by atoms with Crippen molar-refractivity contribution in [1.29, 1.82) is 0 Å². The third kappa shape index (κ3) is 4.82. The first-order chi connectivity index (χ1) is 11.7. The van der Waals surface area contributed by atoms with E-state index >= 15 is 0 Å². The Kier molecular flexibility index (Phi) is 6.22. The summed E-state index contributed by atoms with van der Waals surface area (Å²) in [6.45, 7) is 9.53. The molecule has 2 rings (SSSR count). The Bertz CT molecular complexity index is 711. The molecule has 0 radical (unpaired) electrons. The van der Waals surface area contributed by atoms with E-state index in [4.69, 9.17) is 4.74 Å². The second kappa shape index (κ2) is 8.00. The number of hydrogen-bond acceptors (Lipinski definition) is 3. The molecule has 0 heterocycles. The fourth-order valence-corrected chi connectivity index (χ4v) is 3.96. The van der Waals surface area contributed by atoms with Crippen LogP contribution in [0.2, 0.25) is 0 Å². The first kappa shape index (κ1) is 19.4. The van der Waals surface area contributed by atoms with Gasteiger partial charge in [0.15, 0.2) is 0 Å². The molecule has 0 saturated heterocycles. The van der Waals surface area contributed by atoms with Gasteiger partial charge in [0, 0.05) is 22.9 Å². The molecule has 1 N–H and O–H groups in total.